The first-order chi connectivity index (χ1) is 10.9. The van der Waals surface area contributed by atoms with Crippen LogP contribution in [-0.4, -0.2) is 20.7 Å². The maximum absolute atomic E-state index is 13.9. The van der Waals surface area contributed by atoms with Gasteiger partial charge in [-0.2, -0.15) is 10.4 Å². The number of halogens is 3. The van der Waals surface area contributed by atoms with Crippen LogP contribution in [0.4, 0.5) is 8.78 Å². The highest BCUT2D eigenvalue weighted by atomic mass is 35.5. The Labute approximate surface area is 132 Å². The second-order valence-electron chi connectivity index (χ2n) is 4.55. The molecule has 0 unspecified atom stereocenters. The highest BCUT2D eigenvalue weighted by molar-refractivity contribution is 6.32. The predicted molar refractivity (Wildman–Crippen MR) is 77.0 cm³/mol. The number of rotatable bonds is 2. The second-order valence-corrected chi connectivity index (χ2v) is 4.96. The maximum atomic E-state index is 13.9. The summed E-state index contributed by atoms with van der Waals surface area (Å²) in [5.41, 5.74) is 4.81. The van der Waals surface area contributed by atoms with Crippen LogP contribution in [0.3, 0.4) is 0 Å². The molecule has 0 saturated heterocycles. The van der Waals surface area contributed by atoms with Gasteiger partial charge in [0.1, 0.15) is 28.8 Å². The fraction of sp³-hybridized carbons (Fsp3) is 0. The van der Waals surface area contributed by atoms with Crippen molar-refractivity contribution in [3.8, 4) is 11.8 Å². The van der Waals surface area contributed by atoms with Crippen molar-refractivity contribution in [3.05, 3.63) is 52.4 Å². The number of primary amides is 1. The normalized spacial score (nSPS) is 10.7. The number of nitrogens with zero attached hydrogens (tertiary/aromatic N) is 4. The van der Waals surface area contributed by atoms with Gasteiger partial charge in [0.15, 0.2) is 5.82 Å². The van der Waals surface area contributed by atoms with E-state index in [0.29, 0.717) is 0 Å². The minimum Gasteiger partial charge on any atom is -0.364 e. The molecule has 2 N–H and O–H groups in total. The average molecular weight is 334 g/mol. The van der Waals surface area contributed by atoms with Crippen molar-refractivity contribution >= 4 is 28.4 Å². The molecule has 6 nitrogen and oxygen atoms in total. The number of benzene rings is 1. The Kier molecular flexibility index (Phi) is 3.42. The number of carbonyl (C=O) groups is 1. The quantitative estimate of drug-likeness (QED) is 0.778. The molecule has 9 heteroatoms. The van der Waals surface area contributed by atoms with Crippen molar-refractivity contribution in [1.82, 2.24) is 14.8 Å². The fourth-order valence-electron chi connectivity index (χ4n) is 2.17. The van der Waals surface area contributed by atoms with E-state index in [0.717, 1.165) is 23.0 Å². The molecule has 0 aliphatic rings. The third-order valence-corrected chi connectivity index (χ3v) is 3.40. The summed E-state index contributed by atoms with van der Waals surface area (Å²) in [5.74, 6) is -2.33. The molecule has 0 atom stereocenters. The van der Waals surface area contributed by atoms with Gasteiger partial charge in [0, 0.05) is 6.20 Å². The van der Waals surface area contributed by atoms with Gasteiger partial charge < -0.3 is 5.73 Å². The highest BCUT2D eigenvalue weighted by Crippen LogP contribution is 2.28. The number of hydrogen-bond donors (Lipinski definition) is 1. The first kappa shape index (κ1) is 14.9. The Balaban J connectivity index is 2.36. The molecule has 0 radical (unpaired) electrons. The zero-order chi connectivity index (χ0) is 16.7. The second kappa shape index (κ2) is 5.30. The van der Waals surface area contributed by atoms with E-state index in [1.165, 1.54) is 6.20 Å². The van der Waals surface area contributed by atoms with Crippen LogP contribution in [0.15, 0.2) is 24.5 Å². The number of nitrogens with two attached hydrogens (primary N) is 1. The van der Waals surface area contributed by atoms with Crippen LogP contribution < -0.4 is 5.73 Å². The number of fused-ring (bicyclic) bond motifs is 1. The summed E-state index contributed by atoms with van der Waals surface area (Å²) in [6.07, 6.45) is 2.07. The Hall–Kier alpha value is -3.05. The summed E-state index contributed by atoms with van der Waals surface area (Å²) in [7, 11) is 0. The average Bonchev–Trinajstić information content (AvgIpc) is 2.91. The summed E-state index contributed by atoms with van der Waals surface area (Å²) in [6, 6.07) is 3.75. The number of hydrogen-bond acceptors (Lipinski definition) is 4. The summed E-state index contributed by atoms with van der Waals surface area (Å²) in [4.78, 5) is 15.0. The Morgan fingerprint density at radius 3 is 2.78 bits per heavy atom. The van der Waals surface area contributed by atoms with Crippen LogP contribution in [0, 0.1) is 23.0 Å². The smallest absolute Gasteiger partial charge is 0.268 e. The van der Waals surface area contributed by atoms with E-state index in [1.807, 2.05) is 0 Å². The Morgan fingerprint density at radius 1 is 1.39 bits per heavy atom. The molecule has 2 heterocycles. The van der Waals surface area contributed by atoms with Crippen LogP contribution in [0.25, 0.3) is 16.6 Å². The molecule has 0 aliphatic heterocycles. The van der Waals surface area contributed by atoms with E-state index in [9.17, 15) is 13.6 Å². The van der Waals surface area contributed by atoms with E-state index in [2.05, 4.69) is 10.1 Å². The minimum absolute atomic E-state index is 0.0570. The molecule has 0 fully saturated rings. The molecule has 2 aromatic heterocycles. The van der Waals surface area contributed by atoms with Gasteiger partial charge >= 0.3 is 0 Å². The molecule has 23 heavy (non-hydrogen) atoms. The molecule has 0 spiro atoms. The first-order valence-corrected chi connectivity index (χ1v) is 6.53. The molecule has 0 bridgehead atoms. The SMILES string of the molecule is N#Cc1cc(F)cc(Cl)c1-n1cc2c(C(N)=O)ncc(F)c2n1. The molecule has 114 valence electrons. The van der Waals surface area contributed by atoms with E-state index in [1.54, 1.807) is 6.07 Å². The third kappa shape index (κ3) is 2.37. The van der Waals surface area contributed by atoms with E-state index in [-0.39, 0.29) is 32.9 Å². The third-order valence-electron chi connectivity index (χ3n) is 3.11. The zero-order valence-electron chi connectivity index (χ0n) is 11.2. The van der Waals surface area contributed by atoms with Gasteiger partial charge in [0.25, 0.3) is 5.91 Å². The van der Waals surface area contributed by atoms with Gasteiger partial charge in [0.05, 0.1) is 22.2 Å². The van der Waals surface area contributed by atoms with Gasteiger partial charge in [-0.15, -0.1) is 0 Å². The van der Waals surface area contributed by atoms with Gasteiger partial charge in [-0.3, -0.25) is 4.79 Å². The molecule has 1 amide bonds. The Bertz CT molecular complexity index is 1010. The number of aromatic nitrogens is 3. The monoisotopic (exact) mass is 333 g/mol. The molecular weight excluding hydrogens is 328 g/mol. The maximum Gasteiger partial charge on any atom is 0.268 e. The van der Waals surface area contributed by atoms with E-state index < -0.39 is 17.5 Å². The summed E-state index contributed by atoms with van der Waals surface area (Å²) < 4.78 is 28.3. The molecule has 3 aromatic rings. The Morgan fingerprint density at radius 2 is 2.13 bits per heavy atom. The van der Waals surface area contributed by atoms with Crippen molar-refractivity contribution < 1.29 is 13.6 Å². The first-order valence-electron chi connectivity index (χ1n) is 6.15. The van der Waals surface area contributed by atoms with Crippen LogP contribution >= 0.6 is 11.6 Å². The lowest BCUT2D eigenvalue weighted by molar-refractivity contribution is 0.0997. The molecular formula is C14H6ClF2N5O. The van der Waals surface area contributed by atoms with Gasteiger partial charge in [-0.1, -0.05) is 11.6 Å². The predicted octanol–water partition coefficient (Wildman–Crippen LogP) is 2.32. The molecule has 0 aliphatic carbocycles. The van der Waals surface area contributed by atoms with Crippen molar-refractivity contribution in [2.75, 3.05) is 0 Å². The summed E-state index contributed by atoms with van der Waals surface area (Å²) in [5, 5.41) is 13.0. The molecule has 0 saturated carbocycles. The number of nitriles is 1. The van der Waals surface area contributed by atoms with Crippen molar-refractivity contribution in [3.63, 3.8) is 0 Å². The number of carbonyl (C=O) groups excluding carboxylic acids is 1. The fourth-order valence-corrected chi connectivity index (χ4v) is 2.46. The van der Waals surface area contributed by atoms with Crippen molar-refractivity contribution in [2.45, 2.75) is 0 Å². The topological polar surface area (TPSA) is 97.6 Å². The van der Waals surface area contributed by atoms with Crippen LogP contribution in [0.1, 0.15) is 16.1 Å². The lowest BCUT2D eigenvalue weighted by Gasteiger charge is -2.06. The summed E-state index contributed by atoms with van der Waals surface area (Å²) >= 11 is 5.96. The largest absolute Gasteiger partial charge is 0.364 e. The summed E-state index contributed by atoms with van der Waals surface area (Å²) in [6.45, 7) is 0. The molecule has 3 rings (SSSR count). The van der Waals surface area contributed by atoms with E-state index >= 15 is 0 Å². The minimum atomic E-state index is -0.861. The number of amides is 1. The van der Waals surface area contributed by atoms with Crippen molar-refractivity contribution in [1.29, 1.82) is 5.26 Å². The van der Waals surface area contributed by atoms with Crippen molar-refractivity contribution in [2.24, 2.45) is 5.73 Å². The standard InChI is InChI=1S/C14H6ClF2N5O/c15-9-2-7(16)1-6(3-18)13(9)22-5-8-11(21-22)10(17)4-20-12(8)14(19)23/h1-2,4-5H,(H2,19,23). The van der Waals surface area contributed by atoms with Gasteiger partial charge in [-0.25, -0.2) is 18.4 Å². The number of pyridine rings is 1. The lowest BCUT2D eigenvalue weighted by atomic mass is 10.2. The lowest BCUT2D eigenvalue weighted by Crippen LogP contribution is -2.13. The zero-order valence-corrected chi connectivity index (χ0v) is 12.0. The van der Waals surface area contributed by atoms with Crippen LogP contribution in [0.2, 0.25) is 5.02 Å². The molecule has 1 aromatic carbocycles. The highest BCUT2D eigenvalue weighted by Gasteiger charge is 2.19. The van der Waals surface area contributed by atoms with Gasteiger partial charge in [-0.05, 0) is 12.1 Å². The van der Waals surface area contributed by atoms with Gasteiger partial charge in [0.2, 0.25) is 0 Å². The van der Waals surface area contributed by atoms with Crippen LogP contribution in [0.5, 0.6) is 0 Å². The van der Waals surface area contributed by atoms with Crippen LogP contribution in [-0.2, 0) is 0 Å². The van der Waals surface area contributed by atoms with E-state index in [4.69, 9.17) is 22.6 Å².